The molecule has 158 valence electrons. The maximum atomic E-state index is 12.5. The molecule has 1 unspecified atom stereocenters. The SMILES string of the molecule is C[C@H]1CN(c2nn(C3CCCCO3)c3ccccc23)CCN1C(=O)OC(C)(C)C. The standard InChI is InChI=1S/C22H32N4O3/c1-16-15-24(12-13-25(16)21(27)29-22(2,3)4)20-17-9-5-6-10-18(17)26(23-20)19-11-7-8-14-28-19/h5-6,9-10,16,19H,7-8,11-15H2,1-4H3/t16-,19?/m0/s1. The Morgan fingerprint density at radius 3 is 2.69 bits per heavy atom. The van der Waals surface area contributed by atoms with Crippen LogP contribution in [0.15, 0.2) is 24.3 Å². The summed E-state index contributed by atoms with van der Waals surface area (Å²) in [4.78, 5) is 16.6. The van der Waals surface area contributed by atoms with Gasteiger partial charge in [0.1, 0.15) is 5.60 Å². The van der Waals surface area contributed by atoms with E-state index in [1.807, 2.05) is 25.7 Å². The summed E-state index contributed by atoms with van der Waals surface area (Å²) in [6.07, 6.45) is 3.04. The van der Waals surface area contributed by atoms with Gasteiger partial charge in [-0.1, -0.05) is 12.1 Å². The summed E-state index contributed by atoms with van der Waals surface area (Å²) in [7, 11) is 0. The van der Waals surface area contributed by atoms with Crippen molar-refractivity contribution in [3.63, 3.8) is 0 Å². The Balaban J connectivity index is 1.56. The molecule has 2 aliphatic heterocycles. The second-order valence-electron chi connectivity index (χ2n) is 9.08. The smallest absolute Gasteiger partial charge is 0.410 e. The van der Waals surface area contributed by atoms with Crippen molar-refractivity contribution in [3.8, 4) is 0 Å². The van der Waals surface area contributed by atoms with E-state index >= 15 is 0 Å². The maximum absolute atomic E-state index is 12.5. The van der Waals surface area contributed by atoms with Crippen LogP contribution in [0.2, 0.25) is 0 Å². The van der Waals surface area contributed by atoms with Crippen LogP contribution < -0.4 is 4.90 Å². The molecule has 4 rings (SSSR count). The number of anilines is 1. The highest BCUT2D eigenvalue weighted by Gasteiger charge is 2.33. The number of amides is 1. The van der Waals surface area contributed by atoms with Gasteiger partial charge in [0.25, 0.3) is 0 Å². The average molecular weight is 401 g/mol. The van der Waals surface area contributed by atoms with Crippen molar-refractivity contribution >= 4 is 22.8 Å². The molecule has 1 amide bonds. The van der Waals surface area contributed by atoms with E-state index < -0.39 is 5.60 Å². The van der Waals surface area contributed by atoms with E-state index in [2.05, 4.69) is 40.8 Å². The van der Waals surface area contributed by atoms with Crippen LogP contribution in [0.5, 0.6) is 0 Å². The molecule has 0 N–H and O–H groups in total. The number of benzene rings is 1. The number of piperazine rings is 1. The highest BCUT2D eigenvalue weighted by Crippen LogP contribution is 2.33. The number of hydrogen-bond donors (Lipinski definition) is 0. The molecule has 2 aliphatic rings. The second kappa shape index (κ2) is 7.86. The molecular weight excluding hydrogens is 368 g/mol. The van der Waals surface area contributed by atoms with Crippen LogP contribution >= 0.6 is 0 Å². The molecule has 1 aromatic carbocycles. The normalized spacial score (nSPS) is 23.4. The molecule has 0 saturated carbocycles. The molecule has 0 spiro atoms. The summed E-state index contributed by atoms with van der Waals surface area (Å²) in [5, 5.41) is 6.12. The summed E-state index contributed by atoms with van der Waals surface area (Å²) in [5.41, 5.74) is 0.625. The molecule has 3 heterocycles. The van der Waals surface area contributed by atoms with Crippen LogP contribution in [-0.4, -0.2) is 58.7 Å². The number of aromatic nitrogens is 2. The predicted molar refractivity (Wildman–Crippen MR) is 113 cm³/mol. The van der Waals surface area contributed by atoms with Gasteiger partial charge in [0, 0.05) is 37.7 Å². The first-order valence-corrected chi connectivity index (χ1v) is 10.7. The van der Waals surface area contributed by atoms with E-state index in [-0.39, 0.29) is 18.4 Å². The lowest BCUT2D eigenvalue weighted by atomic mass is 10.1. The lowest BCUT2D eigenvalue weighted by molar-refractivity contribution is -0.0365. The molecule has 2 saturated heterocycles. The molecule has 7 heteroatoms. The van der Waals surface area contributed by atoms with Gasteiger partial charge in [-0.2, -0.15) is 5.10 Å². The second-order valence-corrected chi connectivity index (χ2v) is 9.08. The van der Waals surface area contributed by atoms with Gasteiger partial charge in [0.05, 0.1) is 5.52 Å². The van der Waals surface area contributed by atoms with Gasteiger partial charge < -0.3 is 19.3 Å². The van der Waals surface area contributed by atoms with Crippen molar-refractivity contribution < 1.29 is 14.3 Å². The van der Waals surface area contributed by atoms with E-state index in [0.717, 1.165) is 49.3 Å². The minimum Gasteiger partial charge on any atom is -0.444 e. The quantitative estimate of drug-likeness (QED) is 0.757. The molecule has 2 atom stereocenters. The van der Waals surface area contributed by atoms with Crippen LogP contribution in [0.3, 0.4) is 0 Å². The van der Waals surface area contributed by atoms with Gasteiger partial charge >= 0.3 is 6.09 Å². The summed E-state index contributed by atoms with van der Waals surface area (Å²) < 4.78 is 13.6. The fourth-order valence-electron chi connectivity index (χ4n) is 4.18. The van der Waals surface area contributed by atoms with Crippen molar-refractivity contribution in [2.24, 2.45) is 0 Å². The molecular formula is C22H32N4O3. The zero-order valence-electron chi connectivity index (χ0n) is 17.9. The van der Waals surface area contributed by atoms with Crippen molar-refractivity contribution in [2.75, 3.05) is 31.1 Å². The monoisotopic (exact) mass is 400 g/mol. The van der Waals surface area contributed by atoms with Crippen LogP contribution in [-0.2, 0) is 9.47 Å². The topological polar surface area (TPSA) is 59.8 Å². The molecule has 0 radical (unpaired) electrons. The minimum absolute atomic E-state index is 0.00266. The summed E-state index contributed by atoms with van der Waals surface area (Å²) in [6.45, 7) is 10.6. The van der Waals surface area contributed by atoms with Gasteiger partial charge in [-0.3, -0.25) is 0 Å². The third kappa shape index (κ3) is 4.20. The molecule has 2 fully saturated rings. The lowest BCUT2D eigenvalue weighted by Gasteiger charge is -2.40. The highest BCUT2D eigenvalue weighted by atomic mass is 16.6. The van der Waals surface area contributed by atoms with Crippen LogP contribution in [0.4, 0.5) is 10.6 Å². The predicted octanol–water partition coefficient (Wildman–Crippen LogP) is 4.18. The molecule has 0 bridgehead atoms. The number of ether oxygens (including phenoxy) is 2. The van der Waals surface area contributed by atoms with Crippen molar-refractivity contribution in [2.45, 2.75) is 64.8 Å². The first kappa shape index (κ1) is 20.0. The molecule has 0 aliphatic carbocycles. The van der Waals surface area contributed by atoms with Gasteiger partial charge in [-0.25, -0.2) is 9.48 Å². The number of fused-ring (bicyclic) bond motifs is 1. The van der Waals surface area contributed by atoms with Crippen molar-refractivity contribution in [1.82, 2.24) is 14.7 Å². The highest BCUT2D eigenvalue weighted by molar-refractivity contribution is 5.91. The van der Waals surface area contributed by atoms with Crippen LogP contribution in [0.1, 0.15) is 53.2 Å². The Morgan fingerprint density at radius 2 is 2.00 bits per heavy atom. The Labute approximate surface area is 172 Å². The molecule has 2 aromatic rings. The number of hydrogen-bond acceptors (Lipinski definition) is 5. The third-order valence-electron chi connectivity index (χ3n) is 5.58. The van der Waals surface area contributed by atoms with E-state index in [1.54, 1.807) is 0 Å². The zero-order valence-corrected chi connectivity index (χ0v) is 17.9. The maximum Gasteiger partial charge on any atom is 0.410 e. The fourth-order valence-corrected chi connectivity index (χ4v) is 4.18. The zero-order chi connectivity index (χ0) is 20.6. The molecule has 1 aromatic heterocycles. The van der Waals surface area contributed by atoms with Gasteiger partial charge in [-0.05, 0) is 59.1 Å². The number of carbonyl (C=O) groups is 1. The van der Waals surface area contributed by atoms with Gasteiger partial charge in [0.2, 0.25) is 0 Å². The van der Waals surface area contributed by atoms with E-state index in [1.165, 1.54) is 6.42 Å². The van der Waals surface area contributed by atoms with Crippen LogP contribution in [0.25, 0.3) is 10.9 Å². The summed E-state index contributed by atoms with van der Waals surface area (Å²) in [6, 6.07) is 8.40. The van der Waals surface area contributed by atoms with Gasteiger partial charge in [-0.15, -0.1) is 0 Å². The van der Waals surface area contributed by atoms with Gasteiger partial charge in [0.15, 0.2) is 12.0 Å². The first-order valence-electron chi connectivity index (χ1n) is 10.7. The third-order valence-corrected chi connectivity index (χ3v) is 5.58. The number of para-hydroxylation sites is 1. The Bertz CT molecular complexity index is 867. The molecule has 7 nitrogen and oxygen atoms in total. The Hall–Kier alpha value is -2.28. The summed E-state index contributed by atoms with van der Waals surface area (Å²) in [5.74, 6) is 0.977. The van der Waals surface area contributed by atoms with E-state index in [0.29, 0.717) is 6.54 Å². The number of rotatable bonds is 2. The van der Waals surface area contributed by atoms with Crippen molar-refractivity contribution in [1.29, 1.82) is 0 Å². The lowest BCUT2D eigenvalue weighted by Crippen LogP contribution is -2.55. The number of nitrogens with zero attached hydrogens (tertiary/aromatic N) is 4. The average Bonchev–Trinajstić information content (AvgIpc) is 3.07. The Morgan fingerprint density at radius 1 is 1.21 bits per heavy atom. The first-order chi connectivity index (χ1) is 13.8. The minimum atomic E-state index is -0.483. The Kier molecular flexibility index (Phi) is 5.42. The number of carbonyl (C=O) groups excluding carboxylic acids is 1. The fraction of sp³-hybridized carbons (Fsp3) is 0.636. The van der Waals surface area contributed by atoms with E-state index in [9.17, 15) is 4.79 Å². The van der Waals surface area contributed by atoms with Crippen LogP contribution in [0, 0.1) is 0 Å². The molecule has 29 heavy (non-hydrogen) atoms. The largest absolute Gasteiger partial charge is 0.444 e. The van der Waals surface area contributed by atoms with Crippen molar-refractivity contribution in [3.05, 3.63) is 24.3 Å². The van der Waals surface area contributed by atoms with E-state index in [4.69, 9.17) is 14.6 Å². The summed E-state index contributed by atoms with van der Waals surface area (Å²) >= 11 is 0.